The minimum absolute atomic E-state index is 0.609. The van der Waals surface area contributed by atoms with Crippen LogP contribution in [0.5, 0.6) is 0 Å². The number of hydrogen-bond donors (Lipinski definition) is 1. The van der Waals surface area contributed by atoms with Crippen LogP contribution < -0.4 is 5.32 Å². The zero-order valence-electron chi connectivity index (χ0n) is 12.6. The Bertz CT molecular complexity index is 386. The van der Waals surface area contributed by atoms with Gasteiger partial charge in [-0.3, -0.25) is 9.80 Å². The number of furan rings is 1. The van der Waals surface area contributed by atoms with Crippen LogP contribution >= 0.6 is 0 Å². The van der Waals surface area contributed by atoms with Crippen molar-refractivity contribution in [3.05, 3.63) is 24.2 Å². The van der Waals surface area contributed by atoms with Crippen LogP contribution in [0.1, 0.15) is 31.9 Å². The highest BCUT2D eigenvalue weighted by atomic mass is 16.3. The quantitative estimate of drug-likeness (QED) is 0.861. The highest BCUT2D eigenvalue weighted by Crippen LogP contribution is 2.21. The summed E-state index contributed by atoms with van der Waals surface area (Å²) in [6.45, 7) is 9.36. The topological polar surface area (TPSA) is 31.7 Å². The highest BCUT2D eigenvalue weighted by Gasteiger charge is 2.30. The maximum Gasteiger partial charge on any atom is 0.117 e. The number of likely N-dealkylation sites (tertiary alicyclic amines) is 2. The van der Waals surface area contributed by atoms with Gasteiger partial charge in [0.25, 0.3) is 0 Å². The molecule has 4 heteroatoms. The second kappa shape index (κ2) is 6.74. The van der Waals surface area contributed by atoms with Crippen molar-refractivity contribution in [2.24, 2.45) is 0 Å². The van der Waals surface area contributed by atoms with Crippen LogP contribution in [-0.2, 0) is 6.54 Å². The molecule has 3 rings (SSSR count). The van der Waals surface area contributed by atoms with Crippen molar-refractivity contribution >= 4 is 0 Å². The van der Waals surface area contributed by atoms with Crippen LogP contribution in [0.3, 0.4) is 0 Å². The minimum atomic E-state index is 0.609. The Kier molecular flexibility index (Phi) is 4.76. The molecule has 0 aliphatic carbocycles. The molecule has 0 bridgehead atoms. The lowest BCUT2D eigenvalue weighted by molar-refractivity contribution is 0.204. The van der Waals surface area contributed by atoms with Gasteiger partial charge in [0.2, 0.25) is 0 Å². The number of nitrogens with one attached hydrogen (secondary N) is 1. The summed E-state index contributed by atoms with van der Waals surface area (Å²) >= 11 is 0. The van der Waals surface area contributed by atoms with E-state index in [-0.39, 0.29) is 0 Å². The fourth-order valence-corrected chi connectivity index (χ4v) is 3.52. The van der Waals surface area contributed by atoms with Gasteiger partial charge < -0.3 is 9.73 Å². The Labute approximate surface area is 122 Å². The first-order chi connectivity index (χ1) is 9.83. The summed E-state index contributed by atoms with van der Waals surface area (Å²) in [4.78, 5) is 5.33. The van der Waals surface area contributed by atoms with E-state index >= 15 is 0 Å². The van der Waals surface area contributed by atoms with E-state index in [4.69, 9.17) is 4.42 Å². The summed E-state index contributed by atoms with van der Waals surface area (Å²) < 4.78 is 5.34. The van der Waals surface area contributed by atoms with Crippen LogP contribution in [0.15, 0.2) is 22.8 Å². The molecule has 20 heavy (non-hydrogen) atoms. The maximum atomic E-state index is 5.34. The van der Waals surface area contributed by atoms with E-state index in [2.05, 4.69) is 22.0 Å². The summed E-state index contributed by atoms with van der Waals surface area (Å²) in [6.07, 6.45) is 5.89. The number of rotatable bonds is 6. The van der Waals surface area contributed by atoms with Crippen molar-refractivity contribution in [3.63, 3.8) is 0 Å². The zero-order chi connectivity index (χ0) is 13.8. The van der Waals surface area contributed by atoms with E-state index < -0.39 is 0 Å². The van der Waals surface area contributed by atoms with E-state index in [1.54, 1.807) is 6.26 Å². The Morgan fingerprint density at radius 1 is 1.35 bits per heavy atom. The third-order valence-electron chi connectivity index (χ3n) is 4.79. The molecule has 2 saturated heterocycles. The monoisotopic (exact) mass is 277 g/mol. The second-order valence-electron chi connectivity index (χ2n) is 6.24. The van der Waals surface area contributed by atoms with Gasteiger partial charge in [-0.1, -0.05) is 0 Å². The predicted molar refractivity (Wildman–Crippen MR) is 80.7 cm³/mol. The Hall–Kier alpha value is -0.840. The van der Waals surface area contributed by atoms with E-state index in [1.807, 2.05) is 12.1 Å². The van der Waals surface area contributed by atoms with Crippen molar-refractivity contribution in [1.29, 1.82) is 0 Å². The first-order valence-corrected chi connectivity index (χ1v) is 8.04. The number of nitrogens with zero attached hydrogens (tertiary/aromatic N) is 2. The first kappa shape index (κ1) is 14.1. The standard InChI is InChI=1S/C16H27N3O/c1-14(11-17-12-16-5-4-10-20-16)19-9-6-15(13-19)18-7-2-3-8-18/h4-5,10,14-15,17H,2-3,6-9,11-13H2,1H3. The molecule has 2 unspecified atom stereocenters. The van der Waals surface area contributed by atoms with E-state index in [1.165, 1.54) is 45.4 Å². The molecule has 0 amide bonds. The molecule has 3 heterocycles. The van der Waals surface area contributed by atoms with Crippen molar-refractivity contribution in [1.82, 2.24) is 15.1 Å². The van der Waals surface area contributed by atoms with Crippen LogP contribution in [-0.4, -0.2) is 54.6 Å². The lowest BCUT2D eigenvalue weighted by atomic mass is 10.2. The molecule has 112 valence electrons. The summed E-state index contributed by atoms with van der Waals surface area (Å²) in [5, 5.41) is 3.50. The number of hydrogen-bond acceptors (Lipinski definition) is 4. The second-order valence-corrected chi connectivity index (χ2v) is 6.24. The minimum Gasteiger partial charge on any atom is -0.468 e. The molecule has 4 nitrogen and oxygen atoms in total. The van der Waals surface area contributed by atoms with Gasteiger partial charge in [-0.05, 0) is 51.4 Å². The Morgan fingerprint density at radius 3 is 2.95 bits per heavy atom. The van der Waals surface area contributed by atoms with E-state index in [0.29, 0.717) is 6.04 Å². The summed E-state index contributed by atoms with van der Waals surface area (Å²) in [5.41, 5.74) is 0. The Morgan fingerprint density at radius 2 is 2.20 bits per heavy atom. The average molecular weight is 277 g/mol. The SMILES string of the molecule is CC(CNCc1ccco1)N1CCC(N2CCCC2)C1. The van der Waals surface area contributed by atoms with Crippen molar-refractivity contribution in [3.8, 4) is 0 Å². The highest BCUT2D eigenvalue weighted by molar-refractivity contribution is 4.97. The Balaban J connectivity index is 1.38. The van der Waals surface area contributed by atoms with Crippen molar-refractivity contribution in [2.75, 3.05) is 32.7 Å². The molecule has 1 aromatic rings. The maximum absolute atomic E-state index is 5.34. The first-order valence-electron chi connectivity index (χ1n) is 8.04. The average Bonchev–Trinajstić information content (AvgIpc) is 3.20. The lowest BCUT2D eigenvalue weighted by Gasteiger charge is -2.27. The van der Waals surface area contributed by atoms with Crippen molar-refractivity contribution < 1.29 is 4.42 Å². The fourth-order valence-electron chi connectivity index (χ4n) is 3.52. The third-order valence-corrected chi connectivity index (χ3v) is 4.79. The fraction of sp³-hybridized carbons (Fsp3) is 0.750. The van der Waals surface area contributed by atoms with Gasteiger partial charge in [0, 0.05) is 31.7 Å². The summed E-state index contributed by atoms with van der Waals surface area (Å²) in [5.74, 6) is 1.02. The normalized spacial score (nSPS) is 26.4. The molecule has 2 atom stereocenters. The summed E-state index contributed by atoms with van der Waals surface area (Å²) in [6, 6.07) is 5.39. The zero-order valence-corrected chi connectivity index (χ0v) is 12.6. The molecule has 0 radical (unpaired) electrons. The van der Waals surface area contributed by atoms with Crippen LogP contribution in [0.4, 0.5) is 0 Å². The molecule has 2 fully saturated rings. The van der Waals surface area contributed by atoms with E-state index in [9.17, 15) is 0 Å². The van der Waals surface area contributed by atoms with Crippen LogP contribution in [0, 0.1) is 0 Å². The van der Waals surface area contributed by atoms with E-state index in [0.717, 1.165) is 24.9 Å². The molecule has 0 saturated carbocycles. The molecule has 0 aromatic carbocycles. The smallest absolute Gasteiger partial charge is 0.117 e. The third kappa shape index (κ3) is 3.43. The van der Waals surface area contributed by atoms with Gasteiger partial charge in [-0.15, -0.1) is 0 Å². The van der Waals surface area contributed by atoms with Gasteiger partial charge in [0.15, 0.2) is 0 Å². The summed E-state index contributed by atoms with van der Waals surface area (Å²) in [7, 11) is 0. The lowest BCUT2D eigenvalue weighted by Crippen LogP contribution is -2.41. The predicted octanol–water partition coefficient (Wildman–Crippen LogP) is 1.93. The van der Waals surface area contributed by atoms with Gasteiger partial charge >= 0.3 is 0 Å². The van der Waals surface area contributed by atoms with Crippen LogP contribution in [0.25, 0.3) is 0 Å². The molecule has 1 N–H and O–H groups in total. The van der Waals surface area contributed by atoms with Gasteiger partial charge in [0.1, 0.15) is 5.76 Å². The van der Waals surface area contributed by atoms with Crippen molar-refractivity contribution in [2.45, 2.75) is 44.8 Å². The molecule has 1 aromatic heterocycles. The molecular formula is C16H27N3O. The van der Waals surface area contributed by atoms with Gasteiger partial charge in [-0.2, -0.15) is 0 Å². The molecular weight excluding hydrogens is 250 g/mol. The molecule has 0 spiro atoms. The van der Waals surface area contributed by atoms with Crippen LogP contribution in [0.2, 0.25) is 0 Å². The molecule has 2 aliphatic heterocycles. The largest absolute Gasteiger partial charge is 0.468 e. The van der Waals surface area contributed by atoms with Gasteiger partial charge in [-0.25, -0.2) is 0 Å². The van der Waals surface area contributed by atoms with Gasteiger partial charge in [0.05, 0.1) is 12.8 Å². The molecule has 2 aliphatic rings.